The smallest absolute Gasteiger partial charge is 0.214 e. The highest BCUT2D eigenvalue weighted by atomic mass is 35.5. The number of hydrogen-bond acceptors (Lipinski definition) is 5. The number of nitrogen functional groups attached to an aromatic ring is 1. The molecule has 1 heterocycles. The maximum Gasteiger partial charge on any atom is 0.214 e. The summed E-state index contributed by atoms with van der Waals surface area (Å²) in [4.78, 5) is 15.1. The molecule has 1 aromatic carbocycles. The molecule has 2 fully saturated rings. The largest absolute Gasteiger partial charge is 0.398 e. The Morgan fingerprint density at radius 1 is 1.21 bits per heavy atom. The van der Waals surface area contributed by atoms with E-state index in [-0.39, 0.29) is 29.5 Å². The van der Waals surface area contributed by atoms with Gasteiger partial charge in [-0.2, -0.15) is 4.31 Å². The third-order valence-electron chi connectivity index (χ3n) is 6.19. The molecule has 0 radical (unpaired) electrons. The quantitative estimate of drug-likeness (QED) is 0.470. The third-order valence-corrected chi connectivity index (χ3v) is 8.58. The average molecular weight is 464 g/mol. The first-order valence-electron chi connectivity index (χ1n) is 10.1. The molecule has 0 amide bonds. The highest BCUT2D eigenvalue weighted by molar-refractivity contribution is 7.89. The average Bonchev–Trinajstić information content (AvgIpc) is 2.61. The molecule has 0 bridgehead atoms. The van der Waals surface area contributed by atoms with E-state index in [0.29, 0.717) is 42.2 Å². The molecular formula is C20H31Cl2N3O3S. The number of carbonyl (C=O) groups excluding carboxylic acids is 1. The molecular weight excluding hydrogens is 433 g/mol. The van der Waals surface area contributed by atoms with Crippen molar-refractivity contribution in [3.8, 4) is 0 Å². The van der Waals surface area contributed by atoms with E-state index < -0.39 is 10.0 Å². The summed E-state index contributed by atoms with van der Waals surface area (Å²) in [7, 11) is -3.14. The number of halogens is 2. The van der Waals surface area contributed by atoms with Crippen molar-refractivity contribution in [1.82, 2.24) is 9.21 Å². The minimum atomic E-state index is -3.14. The Bertz CT molecular complexity index is 800. The van der Waals surface area contributed by atoms with Crippen molar-refractivity contribution in [3.63, 3.8) is 0 Å². The molecule has 1 aliphatic carbocycles. The van der Waals surface area contributed by atoms with Gasteiger partial charge < -0.3 is 5.73 Å². The fraction of sp³-hybridized carbons (Fsp3) is 0.650. The fourth-order valence-electron chi connectivity index (χ4n) is 4.44. The Hall–Kier alpha value is -0.860. The number of benzene rings is 1. The van der Waals surface area contributed by atoms with Crippen molar-refractivity contribution < 1.29 is 13.2 Å². The summed E-state index contributed by atoms with van der Waals surface area (Å²) in [5, 5.41) is 0.405. The van der Waals surface area contributed by atoms with E-state index in [9.17, 15) is 13.2 Å². The van der Waals surface area contributed by atoms with Crippen LogP contribution in [0.2, 0.25) is 5.02 Å². The van der Waals surface area contributed by atoms with E-state index in [0.717, 1.165) is 38.8 Å². The highest BCUT2D eigenvalue weighted by Crippen LogP contribution is 2.42. The van der Waals surface area contributed by atoms with Gasteiger partial charge in [0.1, 0.15) is 0 Å². The SMILES string of the molecule is CCCS(=O)(=O)N1CCN(C2(CCC(=O)c3c(N)cccc3Cl)CCC2)CC1.Cl. The van der Waals surface area contributed by atoms with Gasteiger partial charge in [0.05, 0.1) is 16.3 Å². The summed E-state index contributed by atoms with van der Waals surface area (Å²) in [5.41, 5.74) is 6.81. The zero-order chi connectivity index (χ0) is 20.4. The van der Waals surface area contributed by atoms with Crippen LogP contribution in [0.5, 0.6) is 0 Å². The zero-order valence-electron chi connectivity index (χ0n) is 16.9. The lowest BCUT2D eigenvalue weighted by Crippen LogP contribution is -2.61. The first kappa shape index (κ1) is 24.4. The van der Waals surface area contributed by atoms with Gasteiger partial charge in [0.25, 0.3) is 0 Å². The number of rotatable bonds is 8. The standard InChI is InChI=1S/C20H30ClN3O3S.ClH/c1-2-15-28(26,27)24-13-11-23(12-14-24)20(8-4-9-20)10-7-18(25)19-16(21)5-3-6-17(19)22;/h3,5-6H,2,4,7-15,22H2,1H3;1H. The number of anilines is 1. The van der Waals surface area contributed by atoms with Crippen LogP contribution in [0.3, 0.4) is 0 Å². The van der Waals surface area contributed by atoms with E-state index in [1.165, 1.54) is 0 Å². The van der Waals surface area contributed by atoms with Gasteiger partial charge >= 0.3 is 0 Å². The molecule has 164 valence electrons. The lowest BCUT2D eigenvalue weighted by atomic mass is 9.71. The number of Topliss-reactive ketones (excluding diaryl/α,β-unsaturated/α-hetero) is 1. The van der Waals surface area contributed by atoms with E-state index in [1.54, 1.807) is 22.5 Å². The molecule has 0 aromatic heterocycles. The van der Waals surface area contributed by atoms with Crippen LogP contribution in [-0.2, 0) is 10.0 Å². The van der Waals surface area contributed by atoms with Gasteiger partial charge in [-0.15, -0.1) is 12.4 Å². The van der Waals surface area contributed by atoms with Crippen molar-refractivity contribution >= 4 is 45.5 Å². The normalized spacial score (nSPS) is 19.9. The van der Waals surface area contributed by atoms with E-state index in [1.807, 2.05) is 6.92 Å². The van der Waals surface area contributed by atoms with Crippen LogP contribution in [0.15, 0.2) is 18.2 Å². The Morgan fingerprint density at radius 3 is 2.38 bits per heavy atom. The minimum Gasteiger partial charge on any atom is -0.398 e. The summed E-state index contributed by atoms with van der Waals surface area (Å²) >= 11 is 6.18. The molecule has 1 aromatic rings. The molecule has 1 aliphatic heterocycles. The van der Waals surface area contributed by atoms with Crippen LogP contribution >= 0.6 is 24.0 Å². The molecule has 2 N–H and O–H groups in total. The van der Waals surface area contributed by atoms with E-state index in [2.05, 4.69) is 4.90 Å². The van der Waals surface area contributed by atoms with Gasteiger partial charge in [-0.25, -0.2) is 8.42 Å². The van der Waals surface area contributed by atoms with Gasteiger partial charge in [0.2, 0.25) is 10.0 Å². The molecule has 0 unspecified atom stereocenters. The summed E-state index contributed by atoms with van der Waals surface area (Å²) in [5.74, 6) is 0.199. The second-order valence-corrected chi connectivity index (χ2v) is 10.4. The van der Waals surface area contributed by atoms with Crippen LogP contribution in [0, 0.1) is 0 Å². The second-order valence-electron chi connectivity index (χ2n) is 7.91. The molecule has 1 saturated carbocycles. The first-order valence-corrected chi connectivity index (χ1v) is 12.1. The second kappa shape index (κ2) is 9.96. The van der Waals surface area contributed by atoms with Crippen LogP contribution in [0.4, 0.5) is 5.69 Å². The molecule has 1 saturated heterocycles. The monoisotopic (exact) mass is 463 g/mol. The minimum absolute atomic E-state index is 0. The maximum absolute atomic E-state index is 12.7. The van der Waals surface area contributed by atoms with Gasteiger partial charge in [-0.1, -0.05) is 24.6 Å². The summed E-state index contributed by atoms with van der Waals surface area (Å²) in [6.45, 7) is 4.42. The maximum atomic E-state index is 12.7. The lowest BCUT2D eigenvalue weighted by Gasteiger charge is -2.53. The van der Waals surface area contributed by atoms with Crippen molar-refractivity contribution in [2.45, 2.75) is 51.0 Å². The Morgan fingerprint density at radius 2 is 1.86 bits per heavy atom. The number of nitrogens with two attached hydrogens (primary N) is 1. The zero-order valence-corrected chi connectivity index (χ0v) is 19.3. The number of carbonyl (C=O) groups is 1. The molecule has 2 aliphatic rings. The number of ketones is 1. The van der Waals surface area contributed by atoms with Crippen molar-refractivity contribution in [1.29, 1.82) is 0 Å². The van der Waals surface area contributed by atoms with Crippen LogP contribution in [0.25, 0.3) is 0 Å². The third kappa shape index (κ3) is 5.25. The highest BCUT2D eigenvalue weighted by Gasteiger charge is 2.44. The van der Waals surface area contributed by atoms with Crippen molar-refractivity contribution in [2.75, 3.05) is 37.7 Å². The van der Waals surface area contributed by atoms with Crippen LogP contribution < -0.4 is 5.73 Å². The predicted molar refractivity (Wildman–Crippen MR) is 120 cm³/mol. The molecule has 0 atom stereocenters. The molecule has 3 rings (SSSR count). The number of piperazine rings is 1. The summed E-state index contributed by atoms with van der Waals surface area (Å²) < 4.78 is 26.2. The number of nitrogens with zero attached hydrogens (tertiary/aromatic N) is 2. The van der Waals surface area contributed by atoms with Gasteiger partial charge in [-0.3, -0.25) is 9.69 Å². The first-order chi connectivity index (χ1) is 13.3. The van der Waals surface area contributed by atoms with E-state index >= 15 is 0 Å². The number of hydrogen-bond donors (Lipinski definition) is 1. The van der Waals surface area contributed by atoms with Crippen molar-refractivity contribution in [2.24, 2.45) is 0 Å². The molecule has 9 heteroatoms. The molecule has 6 nitrogen and oxygen atoms in total. The van der Waals surface area contributed by atoms with Crippen LogP contribution in [-0.4, -0.2) is 60.9 Å². The fourth-order valence-corrected chi connectivity index (χ4v) is 6.22. The van der Waals surface area contributed by atoms with E-state index in [4.69, 9.17) is 17.3 Å². The lowest BCUT2D eigenvalue weighted by molar-refractivity contribution is -0.0121. The summed E-state index contributed by atoms with van der Waals surface area (Å²) in [6.07, 6.45) is 5.07. The Labute approximate surface area is 185 Å². The van der Waals surface area contributed by atoms with Crippen molar-refractivity contribution in [3.05, 3.63) is 28.8 Å². The predicted octanol–water partition coefficient (Wildman–Crippen LogP) is 3.59. The Balaban J connectivity index is 0.00000300. The number of sulfonamides is 1. The molecule has 29 heavy (non-hydrogen) atoms. The van der Waals surface area contributed by atoms with Gasteiger partial charge in [0.15, 0.2) is 5.78 Å². The molecule has 0 spiro atoms. The Kier molecular flexibility index (Phi) is 8.39. The van der Waals surface area contributed by atoms with Crippen LogP contribution in [0.1, 0.15) is 55.8 Å². The summed E-state index contributed by atoms with van der Waals surface area (Å²) in [6, 6.07) is 5.14. The van der Waals surface area contributed by atoms with Gasteiger partial charge in [0, 0.05) is 43.8 Å². The van der Waals surface area contributed by atoms with Gasteiger partial charge in [-0.05, 0) is 44.2 Å². The topological polar surface area (TPSA) is 83.7 Å².